The summed E-state index contributed by atoms with van der Waals surface area (Å²) in [5, 5.41) is 7.77. The molecule has 0 N–H and O–H groups in total. The van der Waals surface area contributed by atoms with Gasteiger partial charge < -0.3 is 0 Å². The molecular formula is C25H22Cl2N4OS2. The number of carbonyl (C=O) groups is 1. The molecule has 1 amide bonds. The maximum absolute atomic E-state index is 13.6. The molecule has 3 heterocycles. The van der Waals surface area contributed by atoms with E-state index in [1.54, 1.807) is 16.7 Å². The van der Waals surface area contributed by atoms with Crippen LogP contribution in [0.5, 0.6) is 0 Å². The van der Waals surface area contributed by atoms with Crippen molar-refractivity contribution in [2.24, 2.45) is 4.99 Å². The molecule has 1 aliphatic heterocycles. The number of hydrogen-bond donors (Lipinski definition) is 0. The first-order valence-electron chi connectivity index (χ1n) is 10.9. The highest BCUT2D eigenvalue weighted by molar-refractivity contribution is 8.13. The van der Waals surface area contributed by atoms with Crippen molar-refractivity contribution in [1.82, 2.24) is 14.7 Å². The number of amides is 1. The van der Waals surface area contributed by atoms with Crippen LogP contribution in [-0.2, 0) is 6.54 Å². The Morgan fingerprint density at radius 2 is 1.94 bits per heavy atom. The minimum atomic E-state index is -0.0333. The lowest BCUT2D eigenvalue weighted by molar-refractivity contribution is 0.0854. The second-order valence-electron chi connectivity index (χ2n) is 8.15. The Hall–Kier alpha value is -2.32. The maximum atomic E-state index is 13.6. The smallest absolute Gasteiger partial charge is 0.270 e. The molecule has 0 saturated carbocycles. The van der Waals surface area contributed by atoms with Crippen molar-refractivity contribution in [3.63, 3.8) is 0 Å². The average molecular weight is 530 g/mol. The molecule has 0 aliphatic carbocycles. The van der Waals surface area contributed by atoms with Crippen LogP contribution in [0.15, 0.2) is 53.5 Å². The Kier molecular flexibility index (Phi) is 6.71. The molecule has 0 unspecified atom stereocenters. The molecule has 1 aliphatic rings. The normalized spacial score (nSPS) is 15.4. The predicted molar refractivity (Wildman–Crippen MR) is 144 cm³/mol. The van der Waals surface area contributed by atoms with Crippen LogP contribution < -0.4 is 0 Å². The highest BCUT2D eigenvalue weighted by atomic mass is 35.5. The number of benzene rings is 2. The van der Waals surface area contributed by atoms with Gasteiger partial charge in [0.2, 0.25) is 0 Å². The van der Waals surface area contributed by atoms with Crippen LogP contribution in [0.2, 0.25) is 10.0 Å². The molecule has 1 fully saturated rings. The number of halogens is 2. The lowest BCUT2D eigenvalue weighted by atomic mass is 10.2. The lowest BCUT2D eigenvalue weighted by Crippen LogP contribution is -2.38. The molecule has 2 aromatic heterocycles. The standard InChI is InChI=1S/C25H22Cl2N4OS2/c1-15-8-9-18(12-21(15)27)28-25-30(10-5-11-33-25)23(32)22-13-19-16(2)29-31(24(19)34-22)14-17-6-3-4-7-20(17)26/h3-4,6-9,12-13H,5,10-11,14H2,1-2H3. The van der Waals surface area contributed by atoms with E-state index in [4.69, 9.17) is 28.2 Å². The van der Waals surface area contributed by atoms with Crippen molar-refractivity contribution in [2.45, 2.75) is 26.8 Å². The van der Waals surface area contributed by atoms with Gasteiger partial charge in [0.15, 0.2) is 5.17 Å². The van der Waals surface area contributed by atoms with Gasteiger partial charge in [0, 0.05) is 27.7 Å². The largest absolute Gasteiger partial charge is 0.286 e. The van der Waals surface area contributed by atoms with Crippen LogP contribution in [0.4, 0.5) is 5.69 Å². The summed E-state index contributed by atoms with van der Waals surface area (Å²) in [6.45, 7) is 5.12. The van der Waals surface area contributed by atoms with Gasteiger partial charge >= 0.3 is 0 Å². The molecule has 0 bridgehead atoms. The van der Waals surface area contributed by atoms with Gasteiger partial charge in [0.25, 0.3) is 5.91 Å². The Balaban J connectivity index is 1.46. The highest BCUT2D eigenvalue weighted by Gasteiger charge is 2.27. The third-order valence-electron chi connectivity index (χ3n) is 5.71. The zero-order chi connectivity index (χ0) is 23.8. The van der Waals surface area contributed by atoms with Crippen LogP contribution in [0.1, 0.15) is 32.9 Å². The van der Waals surface area contributed by atoms with Gasteiger partial charge in [-0.15, -0.1) is 11.3 Å². The van der Waals surface area contributed by atoms with E-state index in [9.17, 15) is 4.79 Å². The number of hydrogen-bond acceptors (Lipinski definition) is 5. The Labute approximate surface area is 216 Å². The van der Waals surface area contributed by atoms with Crippen molar-refractivity contribution in [1.29, 1.82) is 0 Å². The molecule has 0 radical (unpaired) electrons. The number of nitrogens with zero attached hydrogens (tertiary/aromatic N) is 4. The Morgan fingerprint density at radius 1 is 1.12 bits per heavy atom. The molecule has 2 aromatic carbocycles. The van der Waals surface area contributed by atoms with E-state index in [-0.39, 0.29) is 5.91 Å². The van der Waals surface area contributed by atoms with Gasteiger partial charge in [-0.25, -0.2) is 4.99 Å². The maximum Gasteiger partial charge on any atom is 0.270 e. The molecule has 0 spiro atoms. The van der Waals surface area contributed by atoms with Crippen LogP contribution in [0.3, 0.4) is 0 Å². The predicted octanol–water partition coefficient (Wildman–Crippen LogP) is 7.34. The molecule has 5 rings (SSSR count). The first kappa shape index (κ1) is 23.4. The number of fused-ring (bicyclic) bond motifs is 1. The van der Waals surface area contributed by atoms with E-state index < -0.39 is 0 Å². The van der Waals surface area contributed by atoms with E-state index in [1.807, 2.05) is 67.1 Å². The average Bonchev–Trinajstić information content (AvgIpc) is 3.39. The Morgan fingerprint density at radius 3 is 2.74 bits per heavy atom. The van der Waals surface area contributed by atoms with Crippen molar-refractivity contribution in [2.75, 3.05) is 12.3 Å². The number of carbonyl (C=O) groups excluding carboxylic acids is 1. The van der Waals surface area contributed by atoms with E-state index in [1.165, 1.54) is 11.3 Å². The fraction of sp³-hybridized carbons (Fsp3) is 0.240. The summed E-state index contributed by atoms with van der Waals surface area (Å²) in [6.07, 6.45) is 0.925. The topological polar surface area (TPSA) is 50.5 Å². The number of aryl methyl sites for hydroxylation is 2. The number of thiophene rings is 1. The van der Waals surface area contributed by atoms with E-state index >= 15 is 0 Å². The van der Waals surface area contributed by atoms with Crippen LogP contribution in [0.25, 0.3) is 10.2 Å². The van der Waals surface area contributed by atoms with Gasteiger partial charge in [0.1, 0.15) is 4.83 Å². The van der Waals surface area contributed by atoms with E-state index in [0.717, 1.165) is 44.9 Å². The number of aliphatic imine (C=N–C) groups is 1. The van der Waals surface area contributed by atoms with Crippen LogP contribution in [-0.4, -0.2) is 38.1 Å². The third-order valence-corrected chi connectivity index (χ3v) is 8.68. The second kappa shape index (κ2) is 9.74. The van der Waals surface area contributed by atoms with Gasteiger partial charge in [-0.2, -0.15) is 5.10 Å². The molecule has 0 atom stereocenters. The van der Waals surface area contributed by atoms with Gasteiger partial charge in [-0.1, -0.05) is 59.2 Å². The zero-order valence-corrected chi connectivity index (χ0v) is 21.9. The summed E-state index contributed by atoms with van der Waals surface area (Å²) in [5.41, 5.74) is 3.64. The summed E-state index contributed by atoms with van der Waals surface area (Å²) in [5.74, 6) is 0.898. The third kappa shape index (κ3) is 4.62. The number of rotatable bonds is 4. The molecule has 34 heavy (non-hydrogen) atoms. The first-order valence-corrected chi connectivity index (χ1v) is 13.5. The summed E-state index contributed by atoms with van der Waals surface area (Å²) in [4.78, 5) is 21.8. The molecular weight excluding hydrogens is 507 g/mol. The number of amidine groups is 1. The van der Waals surface area contributed by atoms with Crippen LogP contribution in [0, 0.1) is 13.8 Å². The minimum absolute atomic E-state index is 0.0333. The minimum Gasteiger partial charge on any atom is -0.286 e. The van der Waals surface area contributed by atoms with Crippen molar-refractivity contribution in [3.05, 3.63) is 80.3 Å². The summed E-state index contributed by atoms with van der Waals surface area (Å²) in [6, 6.07) is 15.4. The van der Waals surface area contributed by atoms with Gasteiger partial charge in [-0.05, 0) is 55.7 Å². The quantitative estimate of drug-likeness (QED) is 0.278. The van der Waals surface area contributed by atoms with Crippen molar-refractivity contribution < 1.29 is 4.79 Å². The SMILES string of the molecule is Cc1ccc(N=C2SCCCN2C(=O)c2cc3c(C)nn(Cc4ccccc4Cl)c3s2)cc1Cl. The first-order chi connectivity index (χ1) is 16.4. The van der Waals surface area contributed by atoms with E-state index in [0.29, 0.717) is 33.2 Å². The molecule has 5 nitrogen and oxygen atoms in total. The number of thioether (sulfide) groups is 1. The van der Waals surface area contributed by atoms with Crippen LogP contribution >= 0.6 is 46.3 Å². The number of aromatic nitrogens is 2. The monoisotopic (exact) mass is 528 g/mol. The molecule has 9 heteroatoms. The Bertz CT molecular complexity index is 1430. The molecule has 174 valence electrons. The van der Waals surface area contributed by atoms with Gasteiger partial charge in [0.05, 0.1) is 22.8 Å². The highest BCUT2D eigenvalue weighted by Crippen LogP contribution is 2.32. The van der Waals surface area contributed by atoms with Crippen molar-refractivity contribution >= 4 is 73.3 Å². The van der Waals surface area contributed by atoms with E-state index in [2.05, 4.69) is 5.10 Å². The summed E-state index contributed by atoms with van der Waals surface area (Å²) >= 11 is 15.7. The summed E-state index contributed by atoms with van der Waals surface area (Å²) < 4.78 is 1.93. The molecule has 4 aromatic rings. The van der Waals surface area contributed by atoms with Gasteiger partial charge in [-0.3, -0.25) is 14.4 Å². The van der Waals surface area contributed by atoms with Crippen molar-refractivity contribution in [3.8, 4) is 0 Å². The second-order valence-corrected chi connectivity index (χ2v) is 11.1. The fourth-order valence-corrected chi connectivity index (χ4v) is 6.28. The summed E-state index contributed by atoms with van der Waals surface area (Å²) in [7, 11) is 0. The fourth-order valence-electron chi connectivity index (χ4n) is 3.85. The lowest BCUT2D eigenvalue weighted by Gasteiger charge is -2.27. The zero-order valence-electron chi connectivity index (χ0n) is 18.7. The molecule has 1 saturated heterocycles.